The normalized spacial score (nSPS) is 22.0. The lowest BCUT2D eigenvalue weighted by Crippen LogP contribution is -2.53. The topological polar surface area (TPSA) is 109 Å². The van der Waals surface area contributed by atoms with Gasteiger partial charge in [-0.2, -0.15) is 17.0 Å². The number of carbonyl (C=O) groups excluding carboxylic acids is 1. The van der Waals surface area contributed by atoms with Gasteiger partial charge in [-0.05, 0) is 24.1 Å². The van der Waals surface area contributed by atoms with Crippen LogP contribution in [-0.4, -0.2) is 99.9 Å². The van der Waals surface area contributed by atoms with E-state index in [0.717, 1.165) is 9.87 Å². The largest absolute Gasteiger partial charge is 0.497 e. The lowest BCUT2D eigenvalue weighted by molar-refractivity contribution is 0.0536. The van der Waals surface area contributed by atoms with E-state index in [2.05, 4.69) is 0 Å². The number of amides is 1. The van der Waals surface area contributed by atoms with E-state index in [-0.39, 0.29) is 13.2 Å². The van der Waals surface area contributed by atoms with E-state index in [1.165, 1.54) is 37.5 Å². The van der Waals surface area contributed by atoms with Crippen molar-refractivity contribution in [1.29, 1.82) is 0 Å². The van der Waals surface area contributed by atoms with Crippen molar-refractivity contribution in [2.24, 2.45) is 0 Å². The van der Waals surface area contributed by atoms with Crippen LogP contribution in [-0.2, 0) is 26.2 Å². The second kappa shape index (κ2) is 10.4. The van der Waals surface area contributed by atoms with Crippen molar-refractivity contribution in [2.45, 2.75) is 31.1 Å². The monoisotopic (exact) mass is 445 g/mol. The molecule has 30 heavy (non-hydrogen) atoms. The predicted octanol–water partition coefficient (Wildman–Crippen LogP) is 0.520. The molecule has 1 aliphatic rings. The van der Waals surface area contributed by atoms with Crippen molar-refractivity contribution in [3.63, 3.8) is 0 Å². The molecular weight excluding hydrogens is 414 g/mol. The molecular formula is C19H31N3O7S. The maximum Gasteiger partial charge on any atom is 0.410 e. The van der Waals surface area contributed by atoms with E-state index in [9.17, 15) is 18.3 Å². The molecule has 0 aromatic heterocycles. The standard InChI is InChI=1S/C19H31N3O7S/c1-20(2)30(25,26)21(11-14-6-8-16(28-4)9-7-14)17-10-15(13-27-3)22(18(17)12-23)19(24)29-5/h6-9,15,17-18,23H,10-13H2,1-5H3/t15-,17-,18-/m0/s1. The number of aliphatic hydroxyl groups excluding tert-OH is 1. The number of rotatable bonds is 9. The third-order valence-electron chi connectivity index (χ3n) is 5.27. The van der Waals surface area contributed by atoms with Crippen LogP contribution in [0.15, 0.2) is 24.3 Å². The highest BCUT2D eigenvalue weighted by Gasteiger charge is 2.49. The SMILES string of the molecule is COC[C@@H]1C[C@H](N(Cc2ccc(OC)cc2)S(=O)(=O)N(C)C)[C@H](CO)N1C(=O)OC. The maximum atomic E-state index is 13.2. The highest BCUT2D eigenvalue weighted by Crippen LogP contribution is 2.33. The van der Waals surface area contributed by atoms with Crippen LogP contribution < -0.4 is 4.74 Å². The number of hydrogen-bond acceptors (Lipinski definition) is 7. The molecule has 0 aliphatic carbocycles. The Kier molecular flexibility index (Phi) is 8.44. The molecule has 0 spiro atoms. The minimum atomic E-state index is -3.87. The number of hydrogen-bond donors (Lipinski definition) is 1. The second-order valence-electron chi connectivity index (χ2n) is 7.22. The molecule has 1 fully saturated rings. The molecule has 1 aromatic rings. The van der Waals surface area contributed by atoms with Gasteiger partial charge < -0.3 is 19.3 Å². The van der Waals surface area contributed by atoms with Crippen LogP contribution in [0.2, 0.25) is 0 Å². The summed E-state index contributed by atoms with van der Waals surface area (Å²) in [5.74, 6) is 0.659. The van der Waals surface area contributed by atoms with Crippen LogP contribution in [0, 0.1) is 0 Å². The van der Waals surface area contributed by atoms with Crippen LogP contribution in [0.4, 0.5) is 4.79 Å². The first-order valence-corrected chi connectivity index (χ1v) is 10.9. The van der Waals surface area contributed by atoms with Crippen molar-refractivity contribution in [3.05, 3.63) is 29.8 Å². The molecule has 1 N–H and O–H groups in total. The van der Waals surface area contributed by atoms with Gasteiger partial charge in [-0.25, -0.2) is 4.79 Å². The fourth-order valence-electron chi connectivity index (χ4n) is 3.75. The smallest absolute Gasteiger partial charge is 0.410 e. The Bertz CT molecular complexity index is 801. The van der Waals surface area contributed by atoms with Crippen molar-refractivity contribution < 1.29 is 32.5 Å². The molecule has 0 saturated carbocycles. The van der Waals surface area contributed by atoms with E-state index in [1.807, 2.05) is 0 Å². The first kappa shape index (κ1) is 24.4. The molecule has 1 amide bonds. The fourth-order valence-corrected chi connectivity index (χ4v) is 5.05. The van der Waals surface area contributed by atoms with Crippen LogP contribution in [0.25, 0.3) is 0 Å². The molecule has 170 valence electrons. The summed E-state index contributed by atoms with van der Waals surface area (Å²) in [5, 5.41) is 10.1. The maximum absolute atomic E-state index is 13.2. The zero-order chi connectivity index (χ0) is 22.5. The number of benzene rings is 1. The molecule has 0 unspecified atom stereocenters. The van der Waals surface area contributed by atoms with Crippen molar-refractivity contribution in [1.82, 2.24) is 13.5 Å². The summed E-state index contributed by atoms with van der Waals surface area (Å²) in [6.07, 6.45) is -0.331. The molecule has 1 heterocycles. The number of carbonyl (C=O) groups is 1. The van der Waals surface area contributed by atoms with Crippen LogP contribution in [0.5, 0.6) is 5.75 Å². The molecule has 1 aromatic carbocycles. The number of ether oxygens (including phenoxy) is 3. The Morgan fingerprint density at radius 2 is 1.83 bits per heavy atom. The summed E-state index contributed by atoms with van der Waals surface area (Å²) in [4.78, 5) is 13.8. The first-order chi connectivity index (χ1) is 14.2. The average Bonchev–Trinajstić information content (AvgIpc) is 3.09. The van der Waals surface area contributed by atoms with Gasteiger partial charge in [-0.15, -0.1) is 0 Å². The molecule has 0 bridgehead atoms. The number of likely N-dealkylation sites (tertiary alicyclic amines) is 1. The van der Waals surface area contributed by atoms with Crippen LogP contribution in [0.1, 0.15) is 12.0 Å². The van der Waals surface area contributed by atoms with Gasteiger partial charge in [0.1, 0.15) is 5.75 Å². The lowest BCUT2D eigenvalue weighted by atomic mass is 10.1. The highest BCUT2D eigenvalue weighted by molar-refractivity contribution is 7.86. The van der Waals surface area contributed by atoms with E-state index in [0.29, 0.717) is 12.2 Å². The Morgan fingerprint density at radius 3 is 2.30 bits per heavy atom. The summed E-state index contributed by atoms with van der Waals surface area (Å²) < 4.78 is 44.1. The Hall–Kier alpha value is -1.92. The number of aliphatic hydroxyl groups is 1. The quantitative estimate of drug-likeness (QED) is 0.590. The van der Waals surface area contributed by atoms with Gasteiger partial charge in [0.25, 0.3) is 10.2 Å². The van der Waals surface area contributed by atoms with E-state index in [4.69, 9.17) is 14.2 Å². The summed E-state index contributed by atoms with van der Waals surface area (Å²) >= 11 is 0. The Balaban J connectivity index is 2.46. The molecule has 2 rings (SSSR count). The third-order valence-corrected chi connectivity index (χ3v) is 7.18. The molecule has 0 radical (unpaired) electrons. The third kappa shape index (κ3) is 5.03. The van der Waals surface area contributed by atoms with Gasteiger partial charge in [-0.1, -0.05) is 12.1 Å². The fraction of sp³-hybridized carbons (Fsp3) is 0.632. The zero-order valence-corrected chi connectivity index (χ0v) is 18.8. The van der Waals surface area contributed by atoms with E-state index in [1.54, 1.807) is 31.4 Å². The van der Waals surface area contributed by atoms with Crippen LogP contribution >= 0.6 is 0 Å². The van der Waals surface area contributed by atoms with E-state index >= 15 is 0 Å². The van der Waals surface area contributed by atoms with Gasteiger partial charge in [0.15, 0.2) is 0 Å². The van der Waals surface area contributed by atoms with Gasteiger partial charge in [-0.3, -0.25) is 4.90 Å². The summed E-state index contributed by atoms with van der Waals surface area (Å²) in [5.41, 5.74) is 0.748. The number of methoxy groups -OCH3 is 3. The zero-order valence-electron chi connectivity index (χ0n) is 18.0. The van der Waals surface area contributed by atoms with E-state index < -0.39 is 41.0 Å². The highest BCUT2D eigenvalue weighted by atomic mass is 32.2. The molecule has 10 nitrogen and oxygen atoms in total. The van der Waals surface area contributed by atoms with Crippen LogP contribution in [0.3, 0.4) is 0 Å². The Morgan fingerprint density at radius 1 is 1.20 bits per heavy atom. The summed E-state index contributed by atoms with van der Waals surface area (Å²) in [6, 6.07) is 5.20. The number of nitrogens with zero attached hydrogens (tertiary/aromatic N) is 3. The second-order valence-corrected chi connectivity index (χ2v) is 9.32. The summed E-state index contributed by atoms with van der Waals surface area (Å²) in [7, 11) is 3.34. The molecule has 11 heteroatoms. The molecule has 1 aliphatic heterocycles. The lowest BCUT2D eigenvalue weighted by Gasteiger charge is -2.35. The van der Waals surface area contributed by atoms with Crippen molar-refractivity contribution >= 4 is 16.3 Å². The summed E-state index contributed by atoms with van der Waals surface area (Å²) in [6.45, 7) is -0.150. The van der Waals surface area contributed by atoms with Gasteiger partial charge >= 0.3 is 6.09 Å². The van der Waals surface area contributed by atoms with Gasteiger partial charge in [0.05, 0.1) is 45.6 Å². The van der Waals surface area contributed by atoms with Crippen molar-refractivity contribution in [2.75, 3.05) is 48.6 Å². The molecule has 1 saturated heterocycles. The Labute approximate surface area is 178 Å². The van der Waals surface area contributed by atoms with Crippen molar-refractivity contribution in [3.8, 4) is 5.75 Å². The minimum Gasteiger partial charge on any atom is -0.497 e. The minimum absolute atomic E-state index is 0.0698. The predicted molar refractivity (Wildman–Crippen MR) is 110 cm³/mol. The van der Waals surface area contributed by atoms with Gasteiger partial charge in [0.2, 0.25) is 0 Å². The average molecular weight is 446 g/mol. The van der Waals surface area contributed by atoms with Gasteiger partial charge in [0, 0.05) is 27.7 Å². The first-order valence-electron chi connectivity index (χ1n) is 9.49. The molecule has 3 atom stereocenters.